The van der Waals surface area contributed by atoms with E-state index in [1.54, 1.807) is 18.1 Å². The molecule has 1 aliphatic rings. The van der Waals surface area contributed by atoms with E-state index in [2.05, 4.69) is 19.0 Å². The van der Waals surface area contributed by atoms with Gasteiger partial charge in [0.05, 0.1) is 0 Å². The van der Waals surface area contributed by atoms with E-state index in [0.29, 0.717) is 17.3 Å². The third kappa shape index (κ3) is 2.40. The molecule has 0 unspecified atom stereocenters. The zero-order chi connectivity index (χ0) is 15.9. The second kappa shape index (κ2) is 5.41. The minimum absolute atomic E-state index is 0.194. The van der Waals surface area contributed by atoms with E-state index in [1.165, 1.54) is 0 Å². The maximum atomic E-state index is 12.7. The lowest BCUT2D eigenvalue weighted by Gasteiger charge is -2.20. The molecule has 1 aromatic carbocycles. The number of anilines is 1. The number of hydrogen-bond acceptors (Lipinski definition) is 4. The van der Waals surface area contributed by atoms with Gasteiger partial charge >= 0.3 is 0 Å². The molecular formula is C16H17ClN2O3. The number of halogens is 1. The summed E-state index contributed by atoms with van der Waals surface area (Å²) in [7, 11) is 1.56. The van der Waals surface area contributed by atoms with Crippen LogP contribution in [0.3, 0.4) is 0 Å². The fourth-order valence-electron chi connectivity index (χ4n) is 2.91. The molecule has 0 fully saturated rings. The van der Waals surface area contributed by atoms with Crippen molar-refractivity contribution in [2.24, 2.45) is 0 Å². The maximum Gasteiger partial charge on any atom is 0.280 e. The summed E-state index contributed by atoms with van der Waals surface area (Å²) in [5.41, 5.74) is 1.89. The molecule has 6 heteroatoms. The molecule has 0 spiro atoms. The monoisotopic (exact) mass is 320 g/mol. The van der Waals surface area contributed by atoms with E-state index in [0.717, 1.165) is 11.3 Å². The molecule has 0 aliphatic carbocycles. The van der Waals surface area contributed by atoms with Crippen LogP contribution in [0.4, 0.5) is 5.69 Å². The first-order chi connectivity index (χ1) is 10.4. The summed E-state index contributed by atoms with van der Waals surface area (Å²) >= 11 is 6.33. The number of nitrogens with zero attached hydrogens (tertiary/aromatic N) is 2. The number of fused-ring (bicyclic) bond motifs is 1. The highest BCUT2D eigenvalue weighted by atomic mass is 35.5. The summed E-state index contributed by atoms with van der Waals surface area (Å²) in [5.74, 6) is 0.329. The van der Waals surface area contributed by atoms with Gasteiger partial charge < -0.3 is 14.2 Å². The molecule has 0 atom stereocenters. The first-order valence-corrected chi connectivity index (χ1v) is 7.37. The van der Waals surface area contributed by atoms with Crippen molar-refractivity contribution in [1.29, 1.82) is 0 Å². The van der Waals surface area contributed by atoms with E-state index < -0.39 is 0 Å². The van der Waals surface area contributed by atoms with Gasteiger partial charge in [0.1, 0.15) is 6.61 Å². The number of aromatic nitrogens is 1. The predicted octanol–water partition coefficient (Wildman–Crippen LogP) is 3.41. The summed E-state index contributed by atoms with van der Waals surface area (Å²) < 4.78 is 10.1. The Morgan fingerprint density at radius 1 is 1.50 bits per heavy atom. The van der Waals surface area contributed by atoms with E-state index >= 15 is 0 Å². The first kappa shape index (κ1) is 15.1. The number of carbonyl (C=O) groups is 1. The Labute approximate surface area is 133 Å². The highest BCUT2D eigenvalue weighted by Gasteiger charge is 2.40. The van der Waals surface area contributed by atoms with Crippen molar-refractivity contribution >= 4 is 23.2 Å². The topological polar surface area (TPSA) is 55.6 Å². The van der Waals surface area contributed by atoms with Crippen molar-refractivity contribution in [2.75, 3.05) is 18.6 Å². The van der Waals surface area contributed by atoms with Gasteiger partial charge in [-0.05, 0) is 12.1 Å². The third-order valence-electron chi connectivity index (χ3n) is 3.82. The van der Waals surface area contributed by atoms with Gasteiger partial charge in [-0.3, -0.25) is 4.79 Å². The Kier molecular flexibility index (Phi) is 3.70. The van der Waals surface area contributed by atoms with E-state index in [4.69, 9.17) is 20.9 Å². The summed E-state index contributed by atoms with van der Waals surface area (Å²) in [4.78, 5) is 14.4. The van der Waals surface area contributed by atoms with Crippen molar-refractivity contribution in [1.82, 2.24) is 5.16 Å². The van der Waals surface area contributed by atoms with E-state index in [1.807, 2.05) is 18.2 Å². The van der Waals surface area contributed by atoms with Crippen LogP contribution in [0.5, 0.6) is 0 Å². The Morgan fingerprint density at radius 3 is 3.00 bits per heavy atom. The Bertz CT molecular complexity index is 724. The highest BCUT2D eigenvalue weighted by molar-refractivity contribution is 6.32. The normalized spacial score (nSPS) is 15.9. The second-order valence-corrected chi connectivity index (χ2v) is 6.43. The SMILES string of the molecule is COCc1cc(C(=O)N2CC(C)(C)c3c(Cl)cccc32)no1. The zero-order valence-corrected chi connectivity index (χ0v) is 13.5. The fourth-order valence-corrected chi connectivity index (χ4v) is 3.34. The van der Waals surface area contributed by atoms with Crippen molar-refractivity contribution in [3.8, 4) is 0 Å². The van der Waals surface area contributed by atoms with Crippen LogP contribution in [0.1, 0.15) is 35.7 Å². The summed E-state index contributed by atoms with van der Waals surface area (Å²) in [6.07, 6.45) is 0. The van der Waals surface area contributed by atoms with Crippen LogP contribution in [-0.2, 0) is 16.8 Å². The highest BCUT2D eigenvalue weighted by Crippen LogP contribution is 2.44. The van der Waals surface area contributed by atoms with Crippen LogP contribution < -0.4 is 4.90 Å². The molecule has 116 valence electrons. The van der Waals surface area contributed by atoms with Crippen LogP contribution in [-0.4, -0.2) is 24.7 Å². The second-order valence-electron chi connectivity index (χ2n) is 6.02. The lowest BCUT2D eigenvalue weighted by Crippen LogP contribution is -2.34. The quantitative estimate of drug-likeness (QED) is 0.869. The molecule has 0 saturated heterocycles. The molecule has 22 heavy (non-hydrogen) atoms. The van der Waals surface area contributed by atoms with Crippen molar-refractivity contribution in [3.05, 3.63) is 46.3 Å². The van der Waals surface area contributed by atoms with E-state index in [9.17, 15) is 4.79 Å². The molecule has 3 rings (SSSR count). The van der Waals surface area contributed by atoms with Gasteiger partial charge in [0, 0.05) is 41.4 Å². The van der Waals surface area contributed by atoms with E-state index in [-0.39, 0.29) is 23.6 Å². The third-order valence-corrected chi connectivity index (χ3v) is 4.14. The Hall–Kier alpha value is -1.85. The van der Waals surface area contributed by atoms with Gasteiger partial charge in [0.2, 0.25) is 0 Å². The lowest BCUT2D eigenvalue weighted by molar-refractivity contribution is 0.0976. The van der Waals surface area contributed by atoms with Crippen LogP contribution in [0.2, 0.25) is 5.02 Å². The molecule has 1 amide bonds. The fraction of sp³-hybridized carbons (Fsp3) is 0.375. The summed E-state index contributed by atoms with van der Waals surface area (Å²) in [5, 5.41) is 4.52. The molecule has 5 nitrogen and oxygen atoms in total. The average Bonchev–Trinajstić information content (AvgIpc) is 3.02. The Morgan fingerprint density at radius 2 is 2.27 bits per heavy atom. The van der Waals surface area contributed by atoms with Crippen molar-refractivity contribution < 1.29 is 14.1 Å². The maximum absolute atomic E-state index is 12.7. The molecular weight excluding hydrogens is 304 g/mol. The Balaban J connectivity index is 1.96. The molecule has 0 bridgehead atoms. The molecule has 0 radical (unpaired) electrons. The average molecular weight is 321 g/mol. The molecule has 1 aromatic heterocycles. The predicted molar refractivity (Wildman–Crippen MR) is 83.4 cm³/mol. The lowest BCUT2D eigenvalue weighted by atomic mass is 9.87. The van der Waals surface area contributed by atoms with Gasteiger partial charge in [-0.1, -0.05) is 36.7 Å². The smallest absolute Gasteiger partial charge is 0.280 e. The molecule has 2 heterocycles. The number of hydrogen-bond donors (Lipinski definition) is 0. The van der Waals surface area contributed by atoms with Crippen molar-refractivity contribution in [3.63, 3.8) is 0 Å². The molecule has 2 aromatic rings. The minimum atomic E-state index is -0.206. The molecule has 1 aliphatic heterocycles. The molecule has 0 saturated carbocycles. The number of ether oxygens (including phenoxy) is 1. The van der Waals surface area contributed by atoms with Gasteiger partial charge in [-0.15, -0.1) is 0 Å². The largest absolute Gasteiger partial charge is 0.377 e. The van der Waals surface area contributed by atoms with Crippen LogP contribution in [0.25, 0.3) is 0 Å². The number of carbonyl (C=O) groups excluding carboxylic acids is 1. The summed E-state index contributed by atoms with van der Waals surface area (Å²) in [6.45, 7) is 4.99. The number of methoxy groups -OCH3 is 1. The van der Waals surface area contributed by atoms with Crippen LogP contribution >= 0.6 is 11.6 Å². The van der Waals surface area contributed by atoms with Gasteiger partial charge in [-0.2, -0.15) is 0 Å². The number of benzene rings is 1. The minimum Gasteiger partial charge on any atom is -0.377 e. The van der Waals surface area contributed by atoms with Gasteiger partial charge in [0.15, 0.2) is 11.5 Å². The van der Waals surface area contributed by atoms with Crippen LogP contribution in [0, 0.1) is 0 Å². The summed E-state index contributed by atoms with van der Waals surface area (Å²) in [6, 6.07) is 7.22. The van der Waals surface area contributed by atoms with Gasteiger partial charge in [0.25, 0.3) is 5.91 Å². The number of amides is 1. The molecule has 0 N–H and O–H groups in total. The van der Waals surface area contributed by atoms with Crippen LogP contribution in [0.15, 0.2) is 28.8 Å². The number of rotatable bonds is 3. The zero-order valence-electron chi connectivity index (χ0n) is 12.7. The standard InChI is InChI=1S/C16H17ClN2O3/c1-16(2)9-19(13-6-4-5-11(17)14(13)16)15(20)12-7-10(8-21-3)22-18-12/h4-7H,8-9H2,1-3H3. The first-order valence-electron chi connectivity index (χ1n) is 6.99. The van der Waals surface area contributed by atoms with Gasteiger partial charge in [-0.25, -0.2) is 0 Å². The van der Waals surface area contributed by atoms with Crippen molar-refractivity contribution in [2.45, 2.75) is 25.9 Å².